The van der Waals surface area contributed by atoms with Crippen LogP contribution in [0.4, 0.5) is 0 Å². The number of nitrogens with zero attached hydrogens (tertiary/aromatic N) is 2. The number of benzene rings is 1. The second-order valence-corrected chi connectivity index (χ2v) is 5.44. The summed E-state index contributed by atoms with van der Waals surface area (Å²) in [6, 6.07) is 5.84. The average molecular weight is 257 g/mol. The van der Waals surface area contributed by atoms with Crippen LogP contribution in [0.1, 0.15) is 18.4 Å². The number of fused-ring (bicyclic) bond motifs is 1. The van der Waals surface area contributed by atoms with Crippen LogP contribution in [0, 0.1) is 12.8 Å². The molecule has 1 saturated heterocycles. The summed E-state index contributed by atoms with van der Waals surface area (Å²) in [5.74, 6) is 0.538. The fourth-order valence-corrected chi connectivity index (χ4v) is 2.76. The normalized spacial score (nSPS) is 19.7. The van der Waals surface area contributed by atoms with Crippen molar-refractivity contribution in [2.24, 2.45) is 5.92 Å². The molecule has 3 rings (SSSR count). The van der Waals surface area contributed by atoms with Crippen molar-refractivity contribution in [1.82, 2.24) is 14.9 Å². The number of rotatable bonds is 2. The summed E-state index contributed by atoms with van der Waals surface area (Å²) in [5, 5.41) is 4.11. The van der Waals surface area contributed by atoms with Crippen molar-refractivity contribution >= 4 is 10.9 Å². The average Bonchev–Trinajstić information content (AvgIpc) is 2.44. The molecule has 0 spiro atoms. The van der Waals surface area contributed by atoms with Crippen LogP contribution >= 0.6 is 0 Å². The van der Waals surface area contributed by atoms with E-state index in [1.807, 2.05) is 25.1 Å². The highest BCUT2D eigenvalue weighted by molar-refractivity contribution is 5.77. The van der Waals surface area contributed by atoms with Crippen molar-refractivity contribution in [2.75, 3.05) is 13.1 Å². The zero-order valence-corrected chi connectivity index (χ0v) is 11.2. The molecule has 1 fully saturated rings. The fraction of sp³-hybridized carbons (Fsp3) is 0.467. The minimum Gasteiger partial charge on any atom is -0.316 e. The number of hydrogen-bond donors (Lipinski definition) is 1. The molecule has 0 bridgehead atoms. The van der Waals surface area contributed by atoms with Crippen LogP contribution in [0.3, 0.4) is 0 Å². The van der Waals surface area contributed by atoms with Gasteiger partial charge in [0, 0.05) is 6.54 Å². The van der Waals surface area contributed by atoms with Crippen molar-refractivity contribution in [1.29, 1.82) is 0 Å². The Morgan fingerprint density at radius 3 is 3.16 bits per heavy atom. The maximum absolute atomic E-state index is 12.5. The van der Waals surface area contributed by atoms with Crippen LogP contribution in [0.15, 0.2) is 29.3 Å². The Balaban J connectivity index is 1.95. The van der Waals surface area contributed by atoms with E-state index in [1.165, 1.54) is 12.8 Å². The van der Waals surface area contributed by atoms with Gasteiger partial charge in [0.1, 0.15) is 0 Å². The third kappa shape index (κ3) is 2.54. The fourth-order valence-electron chi connectivity index (χ4n) is 2.76. The van der Waals surface area contributed by atoms with Crippen molar-refractivity contribution in [3.05, 3.63) is 40.4 Å². The molecule has 4 nitrogen and oxygen atoms in total. The van der Waals surface area contributed by atoms with E-state index in [2.05, 4.69) is 10.3 Å². The smallest absolute Gasteiger partial charge is 0.261 e. The predicted molar refractivity (Wildman–Crippen MR) is 76.3 cm³/mol. The van der Waals surface area contributed by atoms with Gasteiger partial charge in [0.25, 0.3) is 5.56 Å². The van der Waals surface area contributed by atoms with Crippen molar-refractivity contribution in [2.45, 2.75) is 26.3 Å². The van der Waals surface area contributed by atoms with Gasteiger partial charge in [-0.25, -0.2) is 4.98 Å². The SMILES string of the molecule is Cc1ccc2ncn(CC3CCCNC3)c(=O)c2c1. The summed E-state index contributed by atoms with van der Waals surface area (Å²) < 4.78 is 1.76. The van der Waals surface area contributed by atoms with E-state index in [0.29, 0.717) is 5.92 Å². The molecule has 0 aliphatic carbocycles. The molecule has 1 aliphatic heterocycles. The minimum absolute atomic E-state index is 0.0827. The Morgan fingerprint density at radius 2 is 2.37 bits per heavy atom. The molecule has 1 atom stereocenters. The Morgan fingerprint density at radius 1 is 1.47 bits per heavy atom. The maximum Gasteiger partial charge on any atom is 0.261 e. The van der Waals surface area contributed by atoms with Gasteiger partial charge in [-0.1, -0.05) is 11.6 Å². The van der Waals surface area contributed by atoms with Crippen LogP contribution in [-0.4, -0.2) is 22.6 Å². The summed E-state index contributed by atoms with van der Waals surface area (Å²) in [6.07, 6.45) is 4.07. The molecule has 4 heteroatoms. The molecule has 1 N–H and O–H groups in total. The lowest BCUT2D eigenvalue weighted by Gasteiger charge is -2.23. The molecule has 1 unspecified atom stereocenters. The Bertz CT molecular complexity index is 641. The Kier molecular flexibility index (Phi) is 3.34. The summed E-state index contributed by atoms with van der Waals surface area (Å²) in [6.45, 7) is 4.86. The molecule has 2 aromatic rings. The third-order valence-electron chi connectivity index (χ3n) is 3.83. The van der Waals surface area contributed by atoms with Crippen LogP contribution < -0.4 is 10.9 Å². The van der Waals surface area contributed by atoms with Crippen molar-refractivity contribution < 1.29 is 0 Å². The predicted octanol–water partition coefficient (Wildman–Crippen LogP) is 1.70. The molecule has 0 amide bonds. The molecule has 1 aromatic carbocycles. The number of piperidine rings is 1. The van der Waals surface area contributed by atoms with Gasteiger partial charge >= 0.3 is 0 Å². The number of aromatic nitrogens is 2. The van der Waals surface area contributed by atoms with E-state index in [4.69, 9.17) is 0 Å². The van der Waals surface area contributed by atoms with E-state index in [1.54, 1.807) is 10.9 Å². The molecule has 19 heavy (non-hydrogen) atoms. The first-order valence-electron chi connectivity index (χ1n) is 6.90. The van der Waals surface area contributed by atoms with Gasteiger partial charge in [-0.3, -0.25) is 9.36 Å². The highest BCUT2D eigenvalue weighted by Gasteiger charge is 2.14. The first-order valence-corrected chi connectivity index (χ1v) is 6.90. The van der Waals surface area contributed by atoms with E-state index in [0.717, 1.165) is 36.1 Å². The molecule has 2 heterocycles. The van der Waals surface area contributed by atoms with Crippen molar-refractivity contribution in [3.63, 3.8) is 0 Å². The van der Waals surface area contributed by atoms with Gasteiger partial charge in [-0.15, -0.1) is 0 Å². The van der Waals surface area contributed by atoms with Gasteiger partial charge < -0.3 is 5.32 Å². The second-order valence-electron chi connectivity index (χ2n) is 5.44. The van der Waals surface area contributed by atoms with Gasteiger partial charge in [0.2, 0.25) is 0 Å². The van der Waals surface area contributed by atoms with Gasteiger partial charge in [-0.2, -0.15) is 0 Å². The molecular weight excluding hydrogens is 238 g/mol. The topological polar surface area (TPSA) is 46.9 Å². The van der Waals surface area contributed by atoms with Crippen LogP contribution in [0.5, 0.6) is 0 Å². The summed E-state index contributed by atoms with van der Waals surface area (Å²) in [5.41, 5.74) is 1.97. The van der Waals surface area contributed by atoms with Gasteiger partial charge in [0.15, 0.2) is 0 Å². The quantitative estimate of drug-likeness (QED) is 0.891. The molecule has 0 saturated carbocycles. The number of aryl methyl sites for hydroxylation is 1. The monoisotopic (exact) mass is 257 g/mol. The number of nitrogens with one attached hydrogen (secondary N) is 1. The lowest BCUT2D eigenvalue weighted by Crippen LogP contribution is -2.34. The molecule has 0 radical (unpaired) electrons. The Hall–Kier alpha value is -1.68. The first kappa shape index (κ1) is 12.4. The van der Waals surface area contributed by atoms with Crippen molar-refractivity contribution in [3.8, 4) is 0 Å². The van der Waals surface area contributed by atoms with Crippen LogP contribution in [-0.2, 0) is 6.54 Å². The molecule has 1 aromatic heterocycles. The second kappa shape index (κ2) is 5.13. The maximum atomic E-state index is 12.5. The number of hydrogen-bond acceptors (Lipinski definition) is 3. The van der Waals surface area contributed by atoms with Gasteiger partial charge in [-0.05, 0) is 50.9 Å². The lowest BCUT2D eigenvalue weighted by atomic mass is 10.00. The van der Waals surface area contributed by atoms with E-state index in [9.17, 15) is 4.79 Å². The zero-order valence-electron chi connectivity index (χ0n) is 11.2. The minimum atomic E-state index is 0.0827. The molecule has 100 valence electrons. The largest absolute Gasteiger partial charge is 0.316 e. The summed E-state index contributed by atoms with van der Waals surface area (Å²) in [7, 11) is 0. The first-order chi connectivity index (χ1) is 9.24. The zero-order chi connectivity index (χ0) is 13.2. The van der Waals surface area contributed by atoms with E-state index in [-0.39, 0.29) is 5.56 Å². The van der Waals surface area contributed by atoms with E-state index < -0.39 is 0 Å². The van der Waals surface area contributed by atoms with E-state index >= 15 is 0 Å². The highest BCUT2D eigenvalue weighted by Crippen LogP contribution is 2.13. The van der Waals surface area contributed by atoms with Gasteiger partial charge in [0.05, 0.1) is 17.2 Å². The summed E-state index contributed by atoms with van der Waals surface area (Å²) >= 11 is 0. The molecule has 1 aliphatic rings. The third-order valence-corrected chi connectivity index (χ3v) is 3.83. The Labute approximate surface area is 112 Å². The lowest BCUT2D eigenvalue weighted by molar-refractivity contribution is 0.333. The summed E-state index contributed by atoms with van der Waals surface area (Å²) in [4.78, 5) is 16.8. The standard InChI is InChI=1S/C15H19N3O/c1-11-4-5-14-13(7-11)15(19)18(10-17-14)9-12-3-2-6-16-8-12/h4-5,7,10,12,16H,2-3,6,8-9H2,1H3. The van der Waals surface area contributed by atoms with Crippen LogP contribution in [0.2, 0.25) is 0 Å². The molecular formula is C15H19N3O. The van der Waals surface area contributed by atoms with Crippen LogP contribution in [0.25, 0.3) is 10.9 Å². The highest BCUT2D eigenvalue weighted by atomic mass is 16.1.